The summed E-state index contributed by atoms with van der Waals surface area (Å²) in [5.74, 6) is 0.618. The molecule has 130 valence electrons. The van der Waals surface area contributed by atoms with Crippen LogP contribution >= 0.6 is 0 Å². The second-order valence-corrected chi connectivity index (χ2v) is 7.70. The Balaban J connectivity index is 1.58. The van der Waals surface area contributed by atoms with E-state index in [1.165, 1.54) is 18.1 Å². The molecule has 3 rings (SSSR count). The molecule has 0 bridgehead atoms. The minimum Gasteiger partial charge on any atom is -0.472 e. The van der Waals surface area contributed by atoms with Gasteiger partial charge in [0.2, 0.25) is 5.91 Å². The van der Waals surface area contributed by atoms with Gasteiger partial charge in [0.1, 0.15) is 6.26 Å². The van der Waals surface area contributed by atoms with E-state index in [-0.39, 0.29) is 23.1 Å². The van der Waals surface area contributed by atoms with Crippen molar-refractivity contribution in [3.8, 4) is 0 Å². The van der Waals surface area contributed by atoms with Crippen LogP contribution < -0.4 is 0 Å². The average molecular weight is 330 g/mol. The molecule has 0 aromatic carbocycles. The van der Waals surface area contributed by atoms with Gasteiger partial charge in [-0.05, 0) is 31.2 Å². The lowest BCUT2D eigenvalue weighted by molar-refractivity contribution is -0.135. The zero-order valence-electron chi connectivity index (χ0n) is 14.9. The van der Waals surface area contributed by atoms with Crippen molar-refractivity contribution < 1.29 is 14.0 Å². The summed E-state index contributed by atoms with van der Waals surface area (Å²) < 4.78 is 4.97. The van der Waals surface area contributed by atoms with Crippen molar-refractivity contribution in [2.75, 3.05) is 26.2 Å². The molecule has 1 aromatic heterocycles. The predicted octanol–water partition coefficient (Wildman–Crippen LogP) is 2.80. The molecule has 1 aliphatic carbocycles. The van der Waals surface area contributed by atoms with Gasteiger partial charge in [0.25, 0.3) is 5.91 Å². The molecule has 0 N–H and O–H groups in total. The lowest BCUT2D eigenvalue weighted by Gasteiger charge is -2.35. The molecule has 2 atom stereocenters. The number of amides is 2. The maximum Gasteiger partial charge on any atom is 0.257 e. The zero-order chi connectivity index (χ0) is 17.5. The maximum absolute atomic E-state index is 12.9. The standard InChI is InChI=1S/C19H26N2O3/c1-13(2)11-15-16(19(15,3)4)18(23)21-8-6-20(7-9-21)17(22)14-5-10-24-12-14/h5,10-12,15-16H,6-9H2,1-4H3/t15-,16+/m1/s1. The molecular formula is C19H26N2O3. The van der Waals surface area contributed by atoms with Crippen LogP contribution in [0.4, 0.5) is 0 Å². The molecule has 5 heteroatoms. The van der Waals surface area contributed by atoms with Crippen molar-refractivity contribution in [3.63, 3.8) is 0 Å². The first-order valence-corrected chi connectivity index (χ1v) is 8.57. The number of piperazine rings is 1. The average Bonchev–Trinajstić information content (AvgIpc) is 2.94. The Morgan fingerprint density at radius 1 is 1.17 bits per heavy atom. The van der Waals surface area contributed by atoms with E-state index in [1.54, 1.807) is 11.0 Å². The Labute approximate surface area is 143 Å². The van der Waals surface area contributed by atoms with Gasteiger partial charge < -0.3 is 14.2 Å². The number of allylic oxidation sites excluding steroid dienone is 2. The normalized spacial score (nSPS) is 25.3. The topological polar surface area (TPSA) is 53.8 Å². The summed E-state index contributed by atoms with van der Waals surface area (Å²) >= 11 is 0. The molecule has 1 aliphatic heterocycles. The first-order chi connectivity index (χ1) is 11.3. The molecule has 1 saturated heterocycles. The third kappa shape index (κ3) is 2.99. The highest BCUT2D eigenvalue weighted by molar-refractivity contribution is 5.94. The molecule has 2 fully saturated rings. The van der Waals surface area contributed by atoms with Gasteiger partial charge in [0.15, 0.2) is 0 Å². The summed E-state index contributed by atoms with van der Waals surface area (Å²) in [6, 6.07) is 1.68. The molecule has 1 aromatic rings. The molecule has 1 saturated carbocycles. The summed E-state index contributed by atoms with van der Waals surface area (Å²) in [6.45, 7) is 10.9. The minimum absolute atomic E-state index is 0.0231. The quantitative estimate of drug-likeness (QED) is 0.801. The number of hydrogen-bond donors (Lipinski definition) is 0. The number of carbonyl (C=O) groups is 2. The van der Waals surface area contributed by atoms with Gasteiger partial charge in [-0.3, -0.25) is 9.59 Å². The predicted molar refractivity (Wildman–Crippen MR) is 91.4 cm³/mol. The Kier molecular flexibility index (Phi) is 4.28. The van der Waals surface area contributed by atoms with E-state index >= 15 is 0 Å². The van der Waals surface area contributed by atoms with E-state index in [2.05, 4.69) is 33.8 Å². The van der Waals surface area contributed by atoms with E-state index in [9.17, 15) is 9.59 Å². The molecule has 2 amide bonds. The fraction of sp³-hybridized carbons (Fsp3) is 0.579. The van der Waals surface area contributed by atoms with Crippen molar-refractivity contribution >= 4 is 11.8 Å². The fourth-order valence-electron chi connectivity index (χ4n) is 3.71. The third-order valence-electron chi connectivity index (χ3n) is 5.34. The summed E-state index contributed by atoms with van der Waals surface area (Å²) in [6.07, 6.45) is 5.20. The summed E-state index contributed by atoms with van der Waals surface area (Å²) in [5.41, 5.74) is 1.87. The van der Waals surface area contributed by atoms with Crippen LogP contribution in [0.3, 0.4) is 0 Å². The number of carbonyl (C=O) groups excluding carboxylic acids is 2. The molecular weight excluding hydrogens is 304 g/mol. The highest BCUT2D eigenvalue weighted by atomic mass is 16.3. The van der Waals surface area contributed by atoms with Crippen LogP contribution in [0.25, 0.3) is 0 Å². The highest BCUT2D eigenvalue weighted by Crippen LogP contribution is 2.60. The Morgan fingerprint density at radius 2 is 1.79 bits per heavy atom. The third-order valence-corrected chi connectivity index (χ3v) is 5.34. The maximum atomic E-state index is 12.9. The molecule has 5 nitrogen and oxygen atoms in total. The fourth-order valence-corrected chi connectivity index (χ4v) is 3.71. The van der Waals surface area contributed by atoms with E-state index in [4.69, 9.17) is 4.42 Å². The van der Waals surface area contributed by atoms with Crippen LogP contribution in [-0.2, 0) is 4.79 Å². The van der Waals surface area contributed by atoms with Gasteiger partial charge in [-0.15, -0.1) is 0 Å². The van der Waals surface area contributed by atoms with Crippen molar-refractivity contribution in [2.24, 2.45) is 17.3 Å². The number of hydrogen-bond acceptors (Lipinski definition) is 3. The van der Waals surface area contributed by atoms with Crippen LogP contribution in [0.15, 0.2) is 34.7 Å². The Morgan fingerprint density at radius 3 is 2.33 bits per heavy atom. The smallest absolute Gasteiger partial charge is 0.257 e. The van der Waals surface area contributed by atoms with Crippen molar-refractivity contribution in [3.05, 3.63) is 35.8 Å². The summed E-state index contributed by atoms with van der Waals surface area (Å²) in [5, 5.41) is 0. The van der Waals surface area contributed by atoms with E-state index in [0.29, 0.717) is 37.7 Å². The monoisotopic (exact) mass is 330 g/mol. The van der Waals surface area contributed by atoms with Crippen molar-refractivity contribution in [2.45, 2.75) is 27.7 Å². The first kappa shape index (κ1) is 16.8. The first-order valence-electron chi connectivity index (χ1n) is 8.57. The molecule has 24 heavy (non-hydrogen) atoms. The van der Waals surface area contributed by atoms with Crippen molar-refractivity contribution in [1.29, 1.82) is 0 Å². The van der Waals surface area contributed by atoms with Crippen LogP contribution in [0.5, 0.6) is 0 Å². The van der Waals surface area contributed by atoms with Gasteiger partial charge in [-0.1, -0.05) is 25.5 Å². The Hall–Kier alpha value is -2.04. The molecule has 0 radical (unpaired) electrons. The number of furan rings is 1. The van der Waals surface area contributed by atoms with Crippen LogP contribution in [0.1, 0.15) is 38.1 Å². The number of rotatable bonds is 3. The Bertz CT molecular complexity index is 648. The lowest BCUT2D eigenvalue weighted by Crippen LogP contribution is -2.51. The van der Waals surface area contributed by atoms with E-state index in [1.807, 2.05) is 4.90 Å². The summed E-state index contributed by atoms with van der Waals surface area (Å²) in [4.78, 5) is 28.9. The van der Waals surface area contributed by atoms with Gasteiger partial charge in [-0.25, -0.2) is 0 Å². The second-order valence-electron chi connectivity index (χ2n) is 7.70. The minimum atomic E-state index is -0.0231. The molecule has 0 spiro atoms. The van der Waals surface area contributed by atoms with Crippen molar-refractivity contribution in [1.82, 2.24) is 9.80 Å². The summed E-state index contributed by atoms with van der Waals surface area (Å²) in [7, 11) is 0. The van der Waals surface area contributed by atoms with Crippen LogP contribution in [0, 0.1) is 17.3 Å². The van der Waals surface area contributed by atoms with Gasteiger partial charge in [-0.2, -0.15) is 0 Å². The molecule has 0 unspecified atom stereocenters. The number of nitrogens with zero attached hydrogens (tertiary/aromatic N) is 2. The second kappa shape index (κ2) is 6.11. The zero-order valence-corrected chi connectivity index (χ0v) is 14.9. The van der Waals surface area contributed by atoms with E-state index < -0.39 is 0 Å². The lowest BCUT2D eigenvalue weighted by atomic mass is 10.1. The van der Waals surface area contributed by atoms with Gasteiger partial charge in [0.05, 0.1) is 17.7 Å². The largest absolute Gasteiger partial charge is 0.472 e. The van der Waals surface area contributed by atoms with Crippen LogP contribution in [0.2, 0.25) is 0 Å². The highest BCUT2D eigenvalue weighted by Gasteiger charge is 2.61. The molecule has 2 heterocycles. The SMILES string of the molecule is CC(C)=C[C@@H]1[C@@H](C(=O)N2CCN(C(=O)c3ccoc3)CC2)C1(C)C. The van der Waals surface area contributed by atoms with Gasteiger partial charge >= 0.3 is 0 Å². The van der Waals surface area contributed by atoms with Crippen LogP contribution in [-0.4, -0.2) is 47.8 Å². The molecule has 2 aliphatic rings. The van der Waals surface area contributed by atoms with Gasteiger partial charge in [0, 0.05) is 26.2 Å². The van der Waals surface area contributed by atoms with E-state index in [0.717, 1.165) is 0 Å².